The predicted octanol–water partition coefficient (Wildman–Crippen LogP) is 2.59. The molecule has 0 unspecified atom stereocenters. The Morgan fingerprint density at radius 3 is 2.53 bits per heavy atom. The van der Waals surface area contributed by atoms with Gasteiger partial charge in [0.15, 0.2) is 5.65 Å². The third kappa shape index (κ3) is 3.12. The lowest BCUT2D eigenvalue weighted by Crippen LogP contribution is -2.28. The summed E-state index contributed by atoms with van der Waals surface area (Å²) in [6, 6.07) is 16.9. The lowest BCUT2D eigenvalue weighted by atomic mass is 10.1. The minimum atomic E-state index is -0.443. The first kappa shape index (κ1) is 17.8. The van der Waals surface area contributed by atoms with Crippen molar-refractivity contribution in [1.82, 2.24) is 23.8 Å². The van der Waals surface area contributed by atoms with Gasteiger partial charge in [0.1, 0.15) is 17.9 Å². The molecule has 1 N–H and O–H groups in total. The van der Waals surface area contributed by atoms with Gasteiger partial charge in [-0.05, 0) is 30.3 Å². The van der Waals surface area contributed by atoms with Crippen molar-refractivity contribution in [2.45, 2.75) is 6.54 Å². The van der Waals surface area contributed by atoms with E-state index in [2.05, 4.69) is 15.5 Å². The summed E-state index contributed by atoms with van der Waals surface area (Å²) in [7, 11) is 0. The Kier molecular flexibility index (Phi) is 4.13. The second kappa shape index (κ2) is 6.96. The Morgan fingerprint density at radius 1 is 1.00 bits per heavy atom. The van der Waals surface area contributed by atoms with Crippen LogP contribution in [0.1, 0.15) is 0 Å². The highest BCUT2D eigenvalue weighted by Crippen LogP contribution is 2.20. The minimum Gasteiger partial charge on any atom is -0.324 e. The summed E-state index contributed by atoms with van der Waals surface area (Å²) in [5.41, 5.74) is 2.73. The highest BCUT2D eigenvalue weighted by atomic mass is 19.1. The maximum absolute atomic E-state index is 13.0. The first-order valence-corrected chi connectivity index (χ1v) is 9.17. The Balaban J connectivity index is 1.49. The van der Waals surface area contributed by atoms with Crippen LogP contribution >= 0.6 is 0 Å². The summed E-state index contributed by atoms with van der Waals surface area (Å²) in [6.45, 7) is -0.274. The van der Waals surface area contributed by atoms with Gasteiger partial charge in [-0.25, -0.2) is 22.8 Å². The summed E-state index contributed by atoms with van der Waals surface area (Å²) in [6.07, 6.45) is 3.23. The van der Waals surface area contributed by atoms with E-state index in [1.165, 1.54) is 28.7 Å². The number of aromatic nitrogens is 5. The highest BCUT2D eigenvalue weighted by molar-refractivity contribution is 5.90. The van der Waals surface area contributed by atoms with E-state index in [1.54, 1.807) is 16.9 Å². The van der Waals surface area contributed by atoms with Gasteiger partial charge in [-0.15, -0.1) is 5.10 Å². The van der Waals surface area contributed by atoms with Gasteiger partial charge in [0.25, 0.3) is 0 Å². The summed E-state index contributed by atoms with van der Waals surface area (Å²) >= 11 is 0. The second-order valence-electron chi connectivity index (χ2n) is 6.71. The van der Waals surface area contributed by atoms with Gasteiger partial charge >= 0.3 is 5.69 Å². The molecule has 5 aromatic rings. The molecule has 0 atom stereocenters. The quantitative estimate of drug-likeness (QED) is 0.501. The molecule has 3 heterocycles. The summed E-state index contributed by atoms with van der Waals surface area (Å²) < 4.78 is 17.1. The molecule has 8 nitrogen and oxygen atoms in total. The van der Waals surface area contributed by atoms with E-state index in [1.807, 2.05) is 36.4 Å². The number of rotatable bonds is 4. The lowest BCUT2D eigenvalue weighted by molar-refractivity contribution is -0.117. The van der Waals surface area contributed by atoms with Crippen LogP contribution in [-0.4, -0.2) is 29.7 Å². The van der Waals surface area contributed by atoms with Crippen LogP contribution in [0.15, 0.2) is 77.9 Å². The Hall–Kier alpha value is -4.27. The SMILES string of the molecule is O=C(Cn1nc2c3cc(-c4ccccc4)nn3ccn2c1=O)Nc1ccc(F)cc1. The van der Waals surface area contributed by atoms with Crippen molar-refractivity contribution in [3.8, 4) is 11.3 Å². The number of nitrogens with zero attached hydrogens (tertiary/aromatic N) is 5. The maximum Gasteiger partial charge on any atom is 0.350 e. The molecule has 5 rings (SSSR count). The van der Waals surface area contributed by atoms with Crippen molar-refractivity contribution >= 4 is 22.8 Å². The van der Waals surface area contributed by atoms with Gasteiger partial charge in [0, 0.05) is 23.6 Å². The Bertz CT molecular complexity index is 1430. The zero-order valence-electron chi connectivity index (χ0n) is 15.6. The molecule has 1 amide bonds. The fourth-order valence-electron chi connectivity index (χ4n) is 3.26. The molecule has 0 aliphatic rings. The van der Waals surface area contributed by atoms with Crippen molar-refractivity contribution in [2.24, 2.45) is 0 Å². The van der Waals surface area contributed by atoms with Crippen LogP contribution in [0.3, 0.4) is 0 Å². The van der Waals surface area contributed by atoms with Gasteiger partial charge in [0.05, 0.1) is 5.69 Å². The van der Waals surface area contributed by atoms with E-state index in [9.17, 15) is 14.0 Å². The fraction of sp³-hybridized carbons (Fsp3) is 0.0476. The number of anilines is 1. The van der Waals surface area contributed by atoms with E-state index < -0.39 is 17.4 Å². The Morgan fingerprint density at radius 2 is 1.77 bits per heavy atom. The fourth-order valence-corrected chi connectivity index (χ4v) is 3.26. The molecule has 0 spiro atoms. The molecular weight excluding hydrogens is 387 g/mol. The molecule has 0 aliphatic heterocycles. The van der Waals surface area contributed by atoms with E-state index in [-0.39, 0.29) is 6.54 Å². The Labute approximate surface area is 168 Å². The molecule has 148 valence electrons. The van der Waals surface area contributed by atoms with Crippen LogP contribution in [-0.2, 0) is 11.3 Å². The average molecular weight is 402 g/mol. The number of carbonyl (C=O) groups excluding carboxylic acids is 1. The zero-order chi connectivity index (χ0) is 20.7. The minimum absolute atomic E-state index is 0.274. The molecule has 0 bridgehead atoms. The molecule has 9 heteroatoms. The molecule has 3 aromatic heterocycles. The van der Waals surface area contributed by atoms with Gasteiger partial charge in [0.2, 0.25) is 5.91 Å². The van der Waals surface area contributed by atoms with Gasteiger partial charge < -0.3 is 5.32 Å². The van der Waals surface area contributed by atoms with Crippen molar-refractivity contribution in [2.75, 3.05) is 5.32 Å². The maximum atomic E-state index is 13.0. The zero-order valence-corrected chi connectivity index (χ0v) is 15.6. The molecule has 0 fully saturated rings. The summed E-state index contributed by atoms with van der Waals surface area (Å²) in [4.78, 5) is 25.0. The molecule has 0 radical (unpaired) electrons. The topological polar surface area (TPSA) is 85.7 Å². The number of halogens is 1. The third-order valence-corrected chi connectivity index (χ3v) is 4.68. The van der Waals surface area contributed by atoms with E-state index in [4.69, 9.17) is 0 Å². The van der Waals surface area contributed by atoms with Crippen LogP contribution in [0.5, 0.6) is 0 Å². The number of fused-ring (bicyclic) bond motifs is 3. The second-order valence-corrected chi connectivity index (χ2v) is 6.71. The molecule has 30 heavy (non-hydrogen) atoms. The molecule has 0 saturated heterocycles. The molecule has 0 aliphatic carbocycles. The highest BCUT2D eigenvalue weighted by Gasteiger charge is 2.15. The number of hydrogen-bond acceptors (Lipinski definition) is 4. The van der Waals surface area contributed by atoms with E-state index >= 15 is 0 Å². The molecular formula is C21H15FN6O2. The first-order chi connectivity index (χ1) is 14.6. The van der Waals surface area contributed by atoms with Gasteiger partial charge in [-0.1, -0.05) is 30.3 Å². The number of amides is 1. The van der Waals surface area contributed by atoms with Gasteiger partial charge in [-0.3, -0.25) is 4.79 Å². The van der Waals surface area contributed by atoms with Crippen LogP contribution in [0.4, 0.5) is 10.1 Å². The number of carbonyl (C=O) groups is 1. The summed E-state index contributed by atoms with van der Waals surface area (Å²) in [5.74, 6) is -0.842. The average Bonchev–Trinajstić information content (AvgIpc) is 3.32. The van der Waals surface area contributed by atoms with Crippen LogP contribution in [0.2, 0.25) is 0 Å². The molecule has 0 saturated carbocycles. The number of nitrogens with one attached hydrogen (secondary N) is 1. The number of benzene rings is 2. The first-order valence-electron chi connectivity index (χ1n) is 9.17. The van der Waals surface area contributed by atoms with Crippen LogP contribution < -0.4 is 11.0 Å². The largest absolute Gasteiger partial charge is 0.350 e. The van der Waals surface area contributed by atoms with E-state index in [0.29, 0.717) is 16.9 Å². The van der Waals surface area contributed by atoms with Crippen molar-refractivity contribution in [3.63, 3.8) is 0 Å². The molecule has 2 aromatic carbocycles. The third-order valence-electron chi connectivity index (χ3n) is 4.68. The standard InChI is InChI=1S/C21H15FN6O2/c22-15-6-8-16(9-7-15)23-19(29)13-28-21(30)26-10-11-27-18(20(26)25-28)12-17(24-27)14-4-2-1-3-5-14/h1-12H,13H2,(H,23,29). The van der Waals surface area contributed by atoms with Crippen LogP contribution in [0.25, 0.3) is 22.4 Å². The number of hydrogen-bond donors (Lipinski definition) is 1. The predicted molar refractivity (Wildman–Crippen MR) is 109 cm³/mol. The van der Waals surface area contributed by atoms with E-state index in [0.717, 1.165) is 15.9 Å². The monoisotopic (exact) mass is 402 g/mol. The van der Waals surface area contributed by atoms with Crippen molar-refractivity contribution in [1.29, 1.82) is 0 Å². The van der Waals surface area contributed by atoms with Crippen LogP contribution in [0, 0.1) is 5.82 Å². The van der Waals surface area contributed by atoms with Gasteiger partial charge in [-0.2, -0.15) is 5.10 Å². The van der Waals surface area contributed by atoms with Crippen molar-refractivity contribution < 1.29 is 9.18 Å². The summed E-state index contributed by atoms with van der Waals surface area (Å²) in [5, 5.41) is 11.5. The van der Waals surface area contributed by atoms with Crippen molar-refractivity contribution in [3.05, 3.63) is 89.4 Å². The normalized spacial score (nSPS) is 11.2. The lowest BCUT2D eigenvalue weighted by Gasteiger charge is -2.04. The smallest absolute Gasteiger partial charge is 0.324 e.